The third kappa shape index (κ3) is 2.73. The van der Waals surface area contributed by atoms with Crippen molar-refractivity contribution in [1.29, 1.82) is 5.26 Å². The maximum atomic E-state index is 11.4. The van der Waals surface area contributed by atoms with Crippen LogP contribution in [0.15, 0.2) is 10.2 Å². The van der Waals surface area contributed by atoms with Crippen molar-refractivity contribution in [3.8, 4) is 6.07 Å². The highest BCUT2D eigenvalue weighted by Gasteiger charge is 2.66. The van der Waals surface area contributed by atoms with E-state index in [1.165, 1.54) is 13.8 Å². The number of esters is 2. The Morgan fingerprint density at radius 1 is 1.00 bits per heavy atom. The van der Waals surface area contributed by atoms with E-state index in [9.17, 15) is 14.9 Å². The number of rotatable bonds is 4. The van der Waals surface area contributed by atoms with Gasteiger partial charge in [-0.25, -0.2) is 0 Å². The molecule has 0 saturated heterocycles. The second-order valence-corrected chi connectivity index (χ2v) is 5.35. The normalized spacial score (nSPS) is 37.0. The fourth-order valence-corrected chi connectivity index (χ4v) is 3.49. The summed E-state index contributed by atoms with van der Waals surface area (Å²) in [6.07, 6.45) is -2.03. The summed E-state index contributed by atoms with van der Waals surface area (Å²) in [5.74, 6) is -3.11. The first-order chi connectivity index (χ1) is 11.0. The van der Waals surface area contributed by atoms with Gasteiger partial charge in [-0.3, -0.25) is 9.59 Å². The molecule has 11 heteroatoms. The van der Waals surface area contributed by atoms with Gasteiger partial charge in [0.15, 0.2) is 0 Å². The van der Waals surface area contributed by atoms with E-state index in [1.807, 2.05) is 0 Å². The minimum absolute atomic E-state index is 0.590. The van der Waals surface area contributed by atoms with Crippen LogP contribution in [-0.4, -0.2) is 36.2 Å². The van der Waals surface area contributed by atoms with E-state index < -0.39 is 54.0 Å². The average molecular weight is 319 g/mol. The number of hydrogen-bond donors (Lipinski definition) is 0. The van der Waals surface area contributed by atoms with E-state index in [0.29, 0.717) is 0 Å². The van der Waals surface area contributed by atoms with Crippen LogP contribution in [0.1, 0.15) is 13.8 Å². The van der Waals surface area contributed by atoms with Gasteiger partial charge in [-0.2, -0.15) is 5.26 Å². The summed E-state index contributed by atoms with van der Waals surface area (Å²) in [7, 11) is 0. The highest BCUT2D eigenvalue weighted by Crippen LogP contribution is 2.55. The smallest absolute Gasteiger partial charge is 0.303 e. The third-order valence-corrected chi connectivity index (χ3v) is 4.18. The minimum atomic E-state index is -1.02. The monoisotopic (exact) mass is 319 g/mol. The first-order valence-corrected chi connectivity index (χ1v) is 6.78. The Bertz CT molecular complexity index is 661. The van der Waals surface area contributed by atoms with Gasteiger partial charge in [0, 0.05) is 35.6 Å². The number of ether oxygens (including phenoxy) is 2. The van der Waals surface area contributed by atoms with E-state index >= 15 is 0 Å². The van der Waals surface area contributed by atoms with Gasteiger partial charge in [0.25, 0.3) is 0 Å². The standard InChI is InChI=1S/C12H13N7O4/c1-4(20)22-11-8-6(3-13)7(9(8)16-18-14)10(17-19-15)12(11)23-5(2)21/h6-12H,1-2H3/t6?,7-,8+,9-,10-,11-,12+/m1/s1. The lowest BCUT2D eigenvalue weighted by Gasteiger charge is -2.59. The third-order valence-electron chi connectivity index (χ3n) is 4.18. The first kappa shape index (κ1) is 16.4. The Morgan fingerprint density at radius 2 is 1.52 bits per heavy atom. The van der Waals surface area contributed by atoms with E-state index in [0.717, 1.165) is 0 Å². The molecule has 3 rings (SSSR count). The molecule has 1 unspecified atom stereocenters. The molecular formula is C12H13N7O4. The summed E-state index contributed by atoms with van der Waals surface area (Å²) in [6.45, 7) is 2.34. The lowest BCUT2D eigenvalue weighted by atomic mass is 9.50. The quantitative estimate of drug-likeness (QED) is 0.330. The van der Waals surface area contributed by atoms with Crippen LogP contribution in [0, 0.1) is 29.1 Å². The summed E-state index contributed by atoms with van der Waals surface area (Å²) < 4.78 is 10.4. The summed E-state index contributed by atoms with van der Waals surface area (Å²) in [4.78, 5) is 28.2. The number of nitrogens with zero attached hydrogens (tertiary/aromatic N) is 7. The molecule has 0 aliphatic heterocycles. The molecule has 3 saturated carbocycles. The van der Waals surface area contributed by atoms with Crippen molar-refractivity contribution in [3.05, 3.63) is 20.9 Å². The van der Waals surface area contributed by atoms with Gasteiger partial charge in [-0.15, -0.1) is 0 Å². The van der Waals surface area contributed by atoms with Gasteiger partial charge in [0.2, 0.25) is 0 Å². The van der Waals surface area contributed by atoms with Crippen molar-refractivity contribution in [3.63, 3.8) is 0 Å². The van der Waals surface area contributed by atoms with Crippen LogP contribution in [0.4, 0.5) is 0 Å². The van der Waals surface area contributed by atoms with Crippen LogP contribution < -0.4 is 0 Å². The van der Waals surface area contributed by atoms with Crippen molar-refractivity contribution in [1.82, 2.24) is 0 Å². The van der Waals surface area contributed by atoms with Crippen LogP contribution >= 0.6 is 0 Å². The molecule has 0 aromatic rings. The van der Waals surface area contributed by atoms with E-state index in [2.05, 4.69) is 26.1 Å². The maximum Gasteiger partial charge on any atom is 0.303 e. The molecule has 3 fully saturated rings. The Labute approximate surface area is 130 Å². The molecule has 3 aliphatic rings. The molecule has 11 nitrogen and oxygen atoms in total. The van der Waals surface area contributed by atoms with Crippen molar-refractivity contribution in [2.24, 2.45) is 28.0 Å². The van der Waals surface area contributed by atoms with Crippen molar-refractivity contribution in [2.75, 3.05) is 0 Å². The molecule has 2 bridgehead atoms. The lowest BCUT2D eigenvalue weighted by molar-refractivity contribution is -0.207. The zero-order chi connectivity index (χ0) is 17.1. The average Bonchev–Trinajstić information content (AvgIpc) is 2.45. The van der Waals surface area contributed by atoms with Crippen molar-refractivity contribution >= 4 is 11.9 Å². The number of carbonyl (C=O) groups is 2. The van der Waals surface area contributed by atoms with Crippen molar-refractivity contribution < 1.29 is 19.1 Å². The highest BCUT2D eigenvalue weighted by molar-refractivity contribution is 5.67. The van der Waals surface area contributed by atoms with Gasteiger partial charge in [0.05, 0.1) is 18.0 Å². The molecule has 0 heterocycles. The number of fused-ring (bicyclic) bond motifs is 2. The Balaban J connectivity index is 2.49. The van der Waals surface area contributed by atoms with Crippen LogP contribution in [0.2, 0.25) is 0 Å². The predicted octanol–water partition coefficient (Wildman–Crippen LogP) is 1.61. The molecular weight excluding hydrogens is 306 g/mol. The lowest BCUT2D eigenvalue weighted by Crippen LogP contribution is -2.71. The molecule has 23 heavy (non-hydrogen) atoms. The predicted molar refractivity (Wildman–Crippen MR) is 73.1 cm³/mol. The van der Waals surface area contributed by atoms with Crippen LogP contribution in [-0.2, 0) is 19.1 Å². The topological polar surface area (TPSA) is 174 Å². The number of nitriles is 1. The Hall–Kier alpha value is -2.95. The summed E-state index contributed by atoms with van der Waals surface area (Å²) in [5.41, 5.74) is 17.5. The van der Waals surface area contributed by atoms with Gasteiger partial charge in [-0.05, 0) is 17.0 Å². The molecule has 7 atom stereocenters. The van der Waals surface area contributed by atoms with Gasteiger partial charge < -0.3 is 9.47 Å². The zero-order valence-corrected chi connectivity index (χ0v) is 12.3. The SMILES string of the molecule is CC(=O)O[C@H]1[C@H](N=[N+]=[N-])[C@@H]2C(C#N)[C@@H]([C@@H]2N=[N+]=[N-])[C@H]1OC(C)=O. The molecule has 0 aromatic carbocycles. The maximum absolute atomic E-state index is 11.4. The highest BCUT2D eigenvalue weighted by atomic mass is 16.6. The Morgan fingerprint density at radius 3 is 2.00 bits per heavy atom. The minimum Gasteiger partial charge on any atom is -0.458 e. The second kappa shape index (κ2) is 6.44. The van der Waals surface area contributed by atoms with Crippen LogP contribution in [0.5, 0.6) is 0 Å². The van der Waals surface area contributed by atoms with E-state index in [-0.39, 0.29) is 0 Å². The fraction of sp³-hybridized carbons (Fsp3) is 0.750. The molecule has 3 aliphatic carbocycles. The summed E-state index contributed by atoms with van der Waals surface area (Å²) in [5, 5.41) is 16.5. The number of azide groups is 2. The molecule has 0 amide bonds. The number of carbonyl (C=O) groups excluding carboxylic acids is 2. The van der Waals surface area contributed by atoms with E-state index in [4.69, 9.17) is 20.5 Å². The second-order valence-electron chi connectivity index (χ2n) is 5.35. The van der Waals surface area contributed by atoms with E-state index in [1.54, 1.807) is 0 Å². The molecule has 120 valence electrons. The van der Waals surface area contributed by atoms with Crippen molar-refractivity contribution in [2.45, 2.75) is 38.1 Å². The van der Waals surface area contributed by atoms with Gasteiger partial charge in [0.1, 0.15) is 12.2 Å². The Kier molecular flexibility index (Phi) is 4.60. The summed E-state index contributed by atoms with van der Waals surface area (Å²) >= 11 is 0. The number of hydrogen-bond acceptors (Lipinski definition) is 7. The largest absolute Gasteiger partial charge is 0.458 e. The van der Waals surface area contributed by atoms with Gasteiger partial charge in [-0.1, -0.05) is 10.2 Å². The van der Waals surface area contributed by atoms with Gasteiger partial charge >= 0.3 is 11.9 Å². The van der Waals surface area contributed by atoms with Crippen LogP contribution in [0.3, 0.4) is 0 Å². The molecule has 0 spiro atoms. The molecule has 0 N–H and O–H groups in total. The summed E-state index contributed by atoms with van der Waals surface area (Å²) in [6, 6.07) is 0.429. The fourth-order valence-electron chi connectivity index (χ4n) is 3.49. The molecule has 0 radical (unpaired) electrons. The van der Waals surface area contributed by atoms with Crippen LogP contribution in [0.25, 0.3) is 20.9 Å². The molecule has 0 aromatic heterocycles. The first-order valence-electron chi connectivity index (χ1n) is 6.78. The zero-order valence-electron chi connectivity index (χ0n) is 12.3.